The summed E-state index contributed by atoms with van der Waals surface area (Å²) in [7, 11) is -2.07. The highest BCUT2D eigenvalue weighted by molar-refractivity contribution is 7.90. The fraction of sp³-hybridized carbons (Fsp3) is 0.130. The van der Waals surface area contributed by atoms with Crippen molar-refractivity contribution in [2.75, 3.05) is 18.5 Å². The molecule has 33 heavy (non-hydrogen) atoms. The number of sulfonamides is 1. The van der Waals surface area contributed by atoms with Crippen LogP contribution in [-0.4, -0.2) is 50.3 Å². The third kappa shape index (κ3) is 4.23. The number of benzene rings is 3. The Morgan fingerprint density at radius 3 is 2.39 bits per heavy atom. The number of guanidine groups is 1. The van der Waals surface area contributed by atoms with Crippen molar-refractivity contribution in [1.29, 1.82) is 0 Å². The summed E-state index contributed by atoms with van der Waals surface area (Å²) < 4.78 is 30.1. The Kier molecular flexibility index (Phi) is 6.22. The van der Waals surface area contributed by atoms with Gasteiger partial charge >= 0.3 is 0 Å². The van der Waals surface area contributed by atoms with E-state index in [-0.39, 0.29) is 22.5 Å². The second-order valence-electron chi connectivity index (χ2n) is 7.49. The van der Waals surface area contributed by atoms with Gasteiger partial charge in [-0.25, -0.2) is 0 Å². The molecule has 0 spiro atoms. The van der Waals surface area contributed by atoms with Gasteiger partial charge in [0.15, 0.2) is 0 Å². The average Bonchev–Trinajstić information content (AvgIpc) is 2.99. The number of rotatable bonds is 3. The Bertz CT molecular complexity index is 1330. The van der Waals surface area contributed by atoms with E-state index in [1.54, 1.807) is 24.3 Å². The number of likely N-dealkylation sites (N-methyl/N-ethyl adjacent to an activating group) is 1. The molecule has 0 aromatic heterocycles. The predicted octanol–water partition coefficient (Wildman–Crippen LogP) is 2.69. The van der Waals surface area contributed by atoms with Gasteiger partial charge in [-0.3, -0.25) is 15.3 Å². The zero-order valence-corrected chi connectivity index (χ0v) is 19.3. The summed E-state index contributed by atoms with van der Waals surface area (Å²) in [5.41, 5.74) is 6.44. The number of hydrogen-bond donors (Lipinski definition) is 1. The van der Waals surface area contributed by atoms with E-state index in [1.165, 1.54) is 12.1 Å². The lowest BCUT2D eigenvalue weighted by molar-refractivity contribution is 0.254. The smallest absolute Gasteiger partial charge is 0.285 e. The molecule has 0 amide bonds. The first kappa shape index (κ1) is 22.9. The summed E-state index contributed by atoms with van der Waals surface area (Å²) in [4.78, 5) is 6.89. The van der Waals surface area contributed by atoms with Crippen molar-refractivity contribution in [3.8, 4) is 0 Å². The van der Waals surface area contributed by atoms with E-state index >= 15 is 0 Å². The molecule has 3 aromatic carbocycles. The predicted molar refractivity (Wildman–Crippen MR) is 130 cm³/mol. The molecule has 1 saturated heterocycles. The molecule has 170 valence electrons. The van der Waals surface area contributed by atoms with Crippen LogP contribution in [0.2, 0.25) is 5.02 Å². The van der Waals surface area contributed by atoms with Crippen molar-refractivity contribution in [3.05, 3.63) is 95.0 Å². The lowest BCUT2D eigenvalue weighted by Gasteiger charge is -2.25. The summed E-state index contributed by atoms with van der Waals surface area (Å²) in [6, 6.07) is 23.6. The van der Waals surface area contributed by atoms with Crippen LogP contribution in [0.5, 0.6) is 0 Å². The molecule has 10 heteroatoms. The van der Waals surface area contributed by atoms with Gasteiger partial charge in [-0.15, -0.1) is 4.40 Å². The average molecular weight is 484 g/mol. The number of fused-ring (bicyclic) bond motifs is 3. The maximum Gasteiger partial charge on any atom is 0.285 e. The van der Waals surface area contributed by atoms with Crippen LogP contribution in [0.4, 0.5) is 5.69 Å². The van der Waals surface area contributed by atoms with Gasteiger partial charge in [0.2, 0.25) is 5.96 Å². The first-order valence-electron chi connectivity index (χ1n) is 10.0. The third-order valence-electron chi connectivity index (χ3n) is 5.43. The van der Waals surface area contributed by atoms with Crippen LogP contribution in [0.3, 0.4) is 0 Å². The van der Waals surface area contributed by atoms with Crippen molar-refractivity contribution in [3.63, 3.8) is 0 Å². The minimum atomic E-state index is -3.91. The number of hydrazine groups is 1. The Labute approximate surface area is 197 Å². The van der Waals surface area contributed by atoms with Crippen molar-refractivity contribution in [1.82, 2.24) is 10.4 Å². The highest BCUT2D eigenvalue weighted by Crippen LogP contribution is 2.34. The molecule has 0 bridgehead atoms. The Morgan fingerprint density at radius 1 is 1.03 bits per heavy atom. The molecule has 1 atom stereocenters. The van der Waals surface area contributed by atoms with E-state index in [0.29, 0.717) is 11.6 Å². The summed E-state index contributed by atoms with van der Waals surface area (Å²) in [6.07, 6.45) is -0.263. The van der Waals surface area contributed by atoms with Crippen molar-refractivity contribution >= 4 is 39.0 Å². The first-order valence-corrected chi connectivity index (χ1v) is 11.8. The molecule has 2 aliphatic heterocycles. The van der Waals surface area contributed by atoms with Crippen molar-refractivity contribution in [2.24, 2.45) is 9.39 Å². The molecule has 5 rings (SSSR count). The maximum absolute atomic E-state index is 13.0. The van der Waals surface area contributed by atoms with Crippen molar-refractivity contribution in [2.45, 2.75) is 11.1 Å². The molecule has 0 saturated carbocycles. The summed E-state index contributed by atoms with van der Waals surface area (Å²) in [5, 5.41) is 2.39. The summed E-state index contributed by atoms with van der Waals surface area (Å²) in [5.74, 6) is 0.217. The standard InChI is InChI=1S/C23H20ClN5O2S.H2O/c1-28-21-15-25-22(16-8-4-2-5-9-16)19-14-17(24)12-13-20(19)29(21)23(26-28)27-32(30,31)18-10-6-3-7-11-18;/h2-14,21H,15H2,1H3,(H,26,27);1H2. The van der Waals surface area contributed by atoms with E-state index < -0.39 is 10.0 Å². The third-order valence-corrected chi connectivity index (χ3v) is 6.95. The topological polar surface area (TPSA) is 109 Å². The molecule has 2 heterocycles. The van der Waals surface area contributed by atoms with Crippen LogP contribution in [0.1, 0.15) is 11.1 Å². The van der Waals surface area contributed by atoms with Gasteiger partial charge in [0.25, 0.3) is 10.0 Å². The van der Waals surface area contributed by atoms with Crippen LogP contribution in [0, 0.1) is 0 Å². The second kappa shape index (κ2) is 8.95. The van der Waals surface area contributed by atoms with Crippen LogP contribution in [0.25, 0.3) is 0 Å². The molecule has 1 fully saturated rings. The Balaban J connectivity index is 0.00000259. The quantitative estimate of drug-likeness (QED) is 0.616. The lowest BCUT2D eigenvalue weighted by Crippen LogP contribution is -2.40. The van der Waals surface area contributed by atoms with Crippen LogP contribution in [0.15, 0.2) is 93.1 Å². The fourth-order valence-corrected chi connectivity index (χ4v) is 5.05. The molecule has 3 aromatic rings. The number of hydrogen-bond acceptors (Lipinski definition) is 4. The molecule has 0 aliphatic carbocycles. The normalized spacial score (nSPS) is 19.1. The molecule has 0 radical (unpaired) electrons. The number of nitrogens with zero attached hydrogens (tertiary/aromatic N) is 4. The zero-order chi connectivity index (χ0) is 22.3. The fourth-order valence-electron chi connectivity index (χ4n) is 3.91. The monoisotopic (exact) mass is 483 g/mol. The van der Waals surface area contributed by atoms with Gasteiger partial charge in [-0.2, -0.15) is 13.4 Å². The van der Waals surface area contributed by atoms with Crippen molar-refractivity contribution < 1.29 is 13.9 Å². The maximum atomic E-state index is 13.0. The number of nitrogens with one attached hydrogen (secondary N) is 1. The van der Waals surface area contributed by atoms with Gasteiger partial charge in [0.1, 0.15) is 6.17 Å². The van der Waals surface area contributed by atoms with Crippen LogP contribution in [-0.2, 0) is 10.0 Å². The molecule has 1 unspecified atom stereocenters. The van der Waals surface area contributed by atoms with E-state index in [9.17, 15) is 8.42 Å². The van der Waals surface area contributed by atoms with Gasteiger partial charge in [-0.05, 0) is 30.3 Å². The molecule has 2 aliphatic rings. The molecule has 3 N–H and O–H groups in total. The molecular weight excluding hydrogens is 462 g/mol. The van der Waals surface area contributed by atoms with E-state index in [1.807, 2.05) is 59.4 Å². The van der Waals surface area contributed by atoms with Crippen LogP contribution < -0.4 is 10.3 Å². The number of aliphatic imine (C=N–C) groups is 1. The van der Waals surface area contributed by atoms with Crippen LogP contribution >= 0.6 is 11.6 Å². The largest absolute Gasteiger partial charge is 0.412 e. The number of anilines is 1. The van der Waals surface area contributed by atoms with Gasteiger partial charge in [0, 0.05) is 23.2 Å². The van der Waals surface area contributed by atoms with E-state index in [4.69, 9.17) is 16.6 Å². The van der Waals surface area contributed by atoms with Gasteiger partial charge < -0.3 is 5.48 Å². The molecule has 8 nitrogen and oxygen atoms in total. The minimum absolute atomic E-state index is 0. The number of halogens is 1. The molecular formula is C23H22ClN5O3S. The highest BCUT2D eigenvalue weighted by atomic mass is 35.5. The lowest BCUT2D eigenvalue weighted by atomic mass is 10.0. The highest BCUT2D eigenvalue weighted by Gasteiger charge is 2.39. The Morgan fingerprint density at radius 2 is 1.70 bits per heavy atom. The Hall–Kier alpha value is -3.24. The van der Waals surface area contributed by atoms with E-state index in [2.05, 4.69) is 9.82 Å². The van der Waals surface area contributed by atoms with E-state index in [0.717, 1.165) is 22.5 Å². The second-order valence-corrected chi connectivity index (χ2v) is 9.53. The van der Waals surface area contributed by atoms with Gasteiger partial charge in [0.05, 0.1) is 22.8 Å². The summed E-state index contributed by atoms with van der Waals surface area (Å²) in [6.45, 7) is 0.407. The summed E-state index contributed by atoms with van der Waals surface area (Å²) >= 11 is 6.35. The SMILES string of the molecule is CN1NC(=NS(=O)(=O)c2ccccc2)N2c3ccc(Cl)cc3C(c3ccccc3)=NCC12.O. The zero-order valence-electron chi connectivity index (χ0n) is 17.7. The first-order chi connectivity index (χ1) is 15.4. The minimum Gasteiger partial charge on any atom is -0.412 e. The van der Waals surface area contributed by atoms with Gasteiger partial charge in [-0.1, -0.05) is 60.1 Å².